The molecule has 0 aliphatic carbocycles. The molecule has 28 heavy (non-hydrogen) atoms. The highest BCUT2D eigenvalue weighted by atomic mass is 16.7. The van der Waals surface area contributed by atoms with Crippen LogP contribution in [0.15, 0.2) is 71.3 Å². The fourth-order valence-electron chi connectivity index (χ4n) is 3.30. The number of rotatable bonds is 8. The molecule has 4 rings (SSSR count). The van der Waals surface area contributed by atoms with Crippen molar-refractivity contribution in [2.45, 2.75) is 25.8 Å². The molecule has 1 aromatic heterocycles. The first kappa shape index (κ1) is 18.2. The second kappa shape index (κ2) is 8.65. The minimum Gasteiger partial charge on any atom is -0.467 e. The zero-order valence-corrected chi connectivity index (χ0v) is 15.7. The summed E-state index contributed by atoms with van der Waals surface area (Å²) in [6.07, 6.45) is 3.56. The van der Waals surface area contributed by atoms with Crippen molar-refractivity contribution >= 4 is 5.91 Å². The van der Waals surface area contributed by atoms with Gasteiger partial charge in [0.05, 0.1) is 12.8 Å². The molecule has 1 aliphatic rings. The van der Waals surface area contributed by atoms with Gasteiger partial charge in [0.25, 0.3) is 0 Å². The van der Waals surface area contributed by atoms with Crippen molar-refractivity contribution in [3.05, 3.63) is 83.8 Å². The molecule has 0 fully saturated rings. The first-order chi connectivity index (χ1) is 13.8. The van der Waals surface area contributed by atoms with Gasteiger partial charge in [-0.2, -0.15) is 0 Å². The van der Waals surface area contributed by atoms with E-state index in [9.17, 15) is 4.79 Å². The lowest BCUT2D eigenvalue weighted by Gasteiger charge is -2.22. The predicted molar refractivity (Wildman–Crippen MR) is 105 cm³/mol. The van der Waals surface area contributed by atoms with Crippen LogP contribution in [-0.4, -0.2) is 24.1 Å². The monoisotopic (exact) mass is 377 g/mol. The molecule has 1 aliphatic heterocycles. The summed E-state index contributed by atoms with van der Waals surface area (Å²) >= 11 is 0. The largest absolute Gasteiger partial charge is 0.467 e. The maximum atomic E-state index is 12.9. The lowest BCUT2D eigenvalue weighted by molar-refractivity contribution is -0.132. The quantitative estimate of drug-likeness (QED) is 0.590. The molecule has 0 unspecified atom stereocenters. The van der Waals surface area contributed by atoms with E-state index >= 15 is 0 Å². The fraction of sp³-hybridized carbons (Fsp3) is 0.261. The third-order valence-electron chi connectivity index (χ3n) is 4.86. The van der Waals surface area contributed by atoms with Crippen LogP contribution in [0.2, 0.25) is 0 Å². The summed E-state index contributed by atoms with van der Waals surface area (Å²) in [4.78, 5) is 14.8. The van der Waals surface area contributed by atoms with Crippen LogP contribution in [0.4, 0.5) is 0 Å². The van der Waals surface area contributed by atoms with Crippen molar-refractivity contribution in [2.24, 2.45) is 0 Å². The molecule has 0 atom stereocenters. The van der Waals surface area contributed by atoms with E-state index in [4.69, 9.17) is 13.9 Å². The number of furan rings is 1. The molecule has 0 N–H and O–H groups in total. The molecule has 144 valence electrons. The first-order valence-corrected chi connectivity index (χ1v) is 9.50. The Labute approximate surface area is 164 Å². The Bertz CT molecular complexity index is 906. The molecule has 0 spiro atoms. The van der Waals surface area contributed by atoms with Gasteiger partial charge in [0.2, 0.25) is 12.7 Å². The van der Waals surface area contributed by atoms with Crippen LogP contribution >= 0.6 is 0 Å². The van der Waals surface area contributed by atoms with Crippen LogP contribution in [0, 0.1) is 0 Å². The topological polar surface area (TPSA) is 51.9 Å². The molecule has 0 saturated carbocycles. The number of carbonyl (C=O) groups is 1. The lowest BCUT2D eigenvalue weighted by Crippen LogP contribution is -2.32. The van der Waals surface area contributed by atoms with E-state index in [2.05, 4.69) is 12.1 Å². The Balaban J connectivity index is 1.38. The van der Waals surface area contributed by atoms with Gasteiger partial charge in [0.1, 0.15) is 5.76 Å². The Hall–Kier alpha value is -3.21. The maximum absolute atomic E-state index is 12.9. The minimum atomic E-state index is 0.116. The molecule has 0 radical (unpaired) electrons. The van der Waals surface area contributed by atoms with E-state index in [1.807, 2.05) is 53.4 Å². The minimum absolute atomic E-state index is 0.116. The summed E-state index contributed by atoms with van der Waals surface area (Å²) in [5, 5.41) is 0. The zero-order valence-electron chi connectivity index (χ0n) is 15.7. The van der Waals surface area contributed by atoms with Gasteiger partial charge in [-0.15, -0.1) is 0 Å². The van der Waals surface area contributed by atoms with E-state index in [0.717, 1.165) is 29.2 Å². The molecule has 5 nitrogen and oxygen atoms in total. The van der Waals surface area contributed by atoms with Crippen molar-refractivity contribution in [2.75, 3.05) is 13.3 Å². The van der Waals surface area contributed by atoms with Gasteiger partial charge < -0.3 is 18.8 Å². The molecular weight excluding hydrogens is 354 g/mol. The number of hydrogen-bond donors (Lipinski definition) is 0. The third kappa shape index (κ3) is 4.55. The zero-order chi connectivity index (χ0) is 19.2. The SMILES string of the molecule is O=C(CCc1ccc2c(c1)OCO2)N(CCc1ccccc1)Cc1ccco1. The lowest BCUT2D eigenvalue weighted by atomic mass is 10.1. The molecular formula is C23H23NO4. The molecule has 2 heterocycles. The third-order valence-corrected chi connectivity index (χ3v) is 4.86. The number of hydrogen-bond acceptors (Lipinski definition) is 4. The van der Waals surface area contributed by atoms with Crippen LogP contribution in [0.25, 0.3) is 0 Å². The summed E-state index contributed by atoms with van der Waals surface area (Å²) in [7, 11) is 0. The average molecular weight is 377 g/mol. The molecule has 0 bridgehead atoms. The predicted octanol–water partition coefficient (Wildman–Crippen LogP) is 4.21. The van der Waals surface area contributed by atoms with Gasteiger partial charge in [0, 0.05) is 13.0 Å². The van der Waals surface area contributed by atoms with Crippen molar-refractivity contribution in [1.29, 1.82) is 0 Å². The van der Waals surface area contributed by atoms with E-state index in [1.165, 1.54) is 5.56 Å². The number of aryl methyl sites for hydroxylation is 1. The van der Waals surface area contributed by atoms with Gasteiger partial charge in [-0.1, -0.05) is 36.4 Å². The van der Waals surface area contributed by atoms with Crippen LogP contribution < -0.4 is 9.47 Å². The molecule has 1 amide bonds. The smallest absolute Gasteiger partial charge is 0.231 e. The van der Waals surface area contributed by atoms with Gasteiger partial charge in [-0.25, -0.2) is 0 Å². The van der Waals surface area contributed by atoms with Gasteiger partial charge in [-0.3, -0.25) is 4.79 Å². The number of nitrogens with zero attached hydrogens (tertiary/aromatic N) is 1. The summed E-state index contributed by atoms with van der Waals surface area (Å²) < 4.78 is 16.2. The van der Waals surface area contributed by atoms with Crippen LogP contribution in [0.5, 0.6) is 11.5 Å². The van der Waals surface area contributed by atoms with Gasteiger partial charge >= 0.3 is 0 Å². The number of carbonyl (C=O) groups excluding carboxylic acids is 1. The van der Waals surface area contributed by atoms with Crippen LogP contribution in [0.1, 0.15) is 23.3 Å². The van der Waals surface area contributed by atoms with Crippen molar-refractivity contribution in [3.63, 3.8) is 0 Å². The first-order valence-electron chi connectivity index (χ1n) is 9.50. The highest BCUT2D eigenvalue weighted by molar-refractivity contribution is 5.76. The second-order valence-corrected chi connectivity index (χ2v) is 6.82. The molecule has 0 saturated heterocycles. The molecule has 2 aromatic carbocycles. The second-order valence-electron chi connectivity index (χ2n) is 6.82. The average Bonchev–Trinajstić information content (AvgIpc) is 3.41. The van der Waals surface area contributed by atoms with Crippen molar-refractivity contribution < 1.29 is 18.7 Å². The van der Waals surface area contributed by atoms with Gasteiger partial charge in [0.15, 0.2) is 11.5 Å². The van der Waals surface area contributed by atoms with Crippen LogP contribution in [-0.2, 0) is 24.2 Å². The van der Waals surface area contributed by atoms with E-state index in [1.54, 1.807) is 6.26 Å². The van der Waals surface area contributed by atoms with E-state index < -0.39 is 0 Å². The van der Waals surface area contributed by atoms with Crippen LogP contribution in [0.3, 0.4) is 0 Å². The van der Waals surface area contributed by atoms with E-state index in [-0.39, 0.29) is 12.7 Å². The summed E-state index contributed by atoms with van der Waals surface area (Å²) in [6, 6.07) is 19.8. The Morgan fingerprint density at radius 2 is 1.75 bits per heavy atom. The fourth-order valence-corrected chi connectivity index (χ4v) is 3.30. The normalized spacial score (nSPS) is 12.1. The summed E-state index contributed by atoms with van der Waals surface area (Å²) in [5.41, 5.74) is 2.29. The Morgan fingerprint density at radius 1 is 0.893 bits per heavy atom. The molecule has 5 heteroatoms. The highest BCUT2D eigenvalue weighted by Gasteiger charge is 2.17. The number of amides is 1. The van der Waals surface area contributed by atoms with Crippen molar-refractivity contribution in [3.8, 4) is 11.5 Å². The Morgan fingerprint density at radius 3 is 2.57 bits per heavy atom. The molecule has 3 aromatic rings. The highest BCUT2D eigenvalue weighted by Crippen LogP contribution is 2.32. The number of benzene rings is 2. The van der Waals surface area contributed by atoms with Gasteiger partial charge in [-0.05, 0) is 48.2 Å². The maximum Gasteiger partial charge on any atom is 0.231 e. The number of ether oxygens (including phenoxy) is 2. The summed E-state index contributed by atoms with van der Waals surface area (Å²) in [5.74, 6) is 2.42. The Kier molecular flexibility index (Phi) is 5.61. The van der Waals surface area contributed by atoms with Crippen molar-refractivity contribution in [1.82, 2.24) is 4.90 Å². The standard InChI is InChI=1S/C23H23NO4/c25-23(11-9-19-8-10-21-22(15-19)28-17-27-21)24(16-20-7-4-14-26-20)13-12-18-5-2-1-3-6-18/h1-8,10,14-15H,9,11-13,16-17H2. The van der Waals surface area contributed by atoms with E-state index in [0.29, 0.717) is 25.9 Å². The number of fused-ring (bicyclic) bond motifs is 1. The summed E-state index contributed by atoms with van der Waals surface area (Å²) in [6.45, 7) is 1.40.